The average molecular weight is 423 g/mol. The van der Waals surface area contributed by atoms with Crippen LogP contribution in [0.25, 0.3) is 0 Å². The van der Waals surface area contributed by atoms with Gasteiger partial charge in [0, 0.05) is 18.7 Å². The first kappa shape index (κ1) is 21.3. The van der Waals surface area contributed by atoms with Gasteiger partial charge in [-0.05, 0) is 50.5 Å². The lowest BCUT2D eigenvalue weighted by molar-refractivity contribution is -0.132. The fraction of sp³-hybridized carbons (Fsp3) is 0.526. The molecule has 0 spiro atoms. The Bertz CT molecular complexity index is 907. The zero-order valence-electron chi connectivity index (χ0n) is 16.6. The largest absolute Gasteiger partial charge is 0.344 e. The maximum atomic E-state index is 12.8. The van der Waals surface area contributed by atoms with Crippen molar-refractivity contribution in [1.82, 2.24) is 20.1 Å². The van der Waals surface area contributed by atoms with Gasteiger partial charge in [-0.1, -0.05) is 19.8 Å². The van der Waals surface area contributed by atoms with Gasteiger partial charge in [0.05, 0.1) is 4.90 Å². The van der Waals surface area contributed by atoms with Crippen molar-refractivity contribution in [2.45, 2.75) is 56.4 Å². The fourth-order valence-corrected chi connectivity index (χ4v) is 4.92. The Morgan fingerprint density at radius 1 is 1.10 bits per heavy atom. The Kier molecular flexibility index (Phi) is 5.95. The third kappa shape index (κ3) is 4.13. The molecule has 2 saturated heterocycles. The summed E-state index contributed by atoms with van der Waals surface area (Å²) in [5.74, 6) is -1.22. The van der Waals surface area contributed by atoms with Crippen molar-refractivity contribution < 1.29 is 22.8 Å². The number of hydrogen-bond donors (Lipinski definition) is 2. The highest BCUT2D eigenvalue weighted by molar-refractivity contribution is 7.89. The van der Waals surface area contributed by atoms with Crippen molar-refractivity contribution in [3.05, 3.63) is 29.8 Å². The van der Waals surface area contributed by atoms with Gasteiger partial charge >= 0.3 is 6.03 Å². The van der Waals surface area contributed by atoms with Crippen LogP contribution in [0.5, 0.6) is 0 Å². The van der Waals surface area contributed by atoms with Crippen LogP contribution >= 0.6 is 0 Å². The molecule has 0 aromatic heterocycles. The van der Waals surface area contributed by atoms with E-state index in [1.165, 1.54) is 28.6 Å². The van der Waals surface area contributed by atoms with Gasteiger partial charge in [-0.2, -0.15) is 9.31 Å². The lowest BCUT2D eigenvalue weighted by Crippen LogP contribution is -2.48. The van der Waals surface area contributed by atoms with Gasteiger partial charge in [0.25, 0.3) is 11.8 Å². The molecule has 1 atom stereocenters. The van der Waals surface area contributed by atoms with E-state index in [-0.39, 0.29) is 10.5 Å². The predicted molar refractivity (Wildman–Crippen MR) is 105 cm³/mol. The Morgan fingerprint density at radius 3 is 2.21 bits per heavy atom. The summed E-state index contributed by atoms with van der Waals surface area (Å²) in [4.78, 5) is 36.9. The summed E-state index contributed by atoms with van der Waals surface area (Å²) in [6.07, 6.45) is 4.09. The van der Waals surface area contributed by atoms with Gasteiger partial charge < -0.3 is 5.32 Å². The second-order valence-corrected chi connectivity index (χ2v) is 9.48. The molecule has 0 radical (unpaired) electrons. The van der Waals surface area contributed by atoms with Crippen LogP contribution in [0.1, 0.15) is 56.3 Å². The summed E-state index contributed by atoms with van der Waals surface area (Å²) in [7, 11) is -3.61. The third-order valence-electron chi connectivity index (χ3n) is 5.50. The topological polar surface area (TPSA) is 116 Å². The number of benzene rings is 1. The van der Waals surface area contributed by atoms with Crippen molar-refractivity contribution in [2.75, 3.05) is 13.1 Å². The molecule has 29 heavy (non-hydrogen) atoms. The molecule has 2 N–H and O–H groups in total. The molecule has 9 nitrogen and oxygen atoms in total. The van der Waals surface area contributed by atoms with E-state index >= 15 is 0 Å². The van der Waals surface area contributed by atoms with Crippen LogP contribution in [-0.4, -0.2) is 54.2 Å². The van der Waals surface area contributed by atoms with Gasteiger partial charge in [0.2, 0.25) is 10.0 Å². The van der Waals surface area contributed by atoms with E-state index < -0.39 is 33.4 Å². The van der Waals surface area contributed by atoms with Crippen molar-refractivity contribution in [2.24, 2.45) is 0 Å². The second-order valence-electron chi connectivity index (χ2n) is 7.54. The Labute approximate surface area is 170 Å². The average Bonchev–Trinajstić information content (AvgIpc) is 2.92. The molecule has 4 amide bonds. The van der Waals surface area contributed by atoms with E-state index in [0.717, 1.165) is 25.7 Å². The molecule has 0 aliphatic carbocycles. The molecule has 2 fully saturated rings. The van der Waals surface area contributed by atoms with Crippen molar-refractivity contribution in [1.29, 1.82) is 0 Å². The summed E-state index contributed by atoms with van der Waals surface area (Å²) >= 11 is 0. The summed E-state index contributed by atoms with van der Waals surface area (Å²) in [6, 6.07) is 4.79. The van der Waals surface area contributed by atoms with Gasteiger partial charge in [-0.15, -0.1) is 0 Å². The molecule has 0 unspecified atom stereocenters. The lowest BCUT2D eigenvalue weighted by atomic mass is 10.00. The number of nitrogens with zero attached hydrogens (tertiary/aromatic N) is 2. The maximum absolute atomic E-state index is 12.8. The molecular formula is C19H26N4O5S. The molecule has 0 bridgehead atoms. The molecule has 2 heterocycles. The first-order valence-corrected chi connectivity index (χ1v) is 11.2. The van der Waals surface area contributed by atoms with Gasteiger partial charge in [0.15, 0.2) is 0 Å². The number of hydrogen-bond acceptors (Lipinski definition) is 5. The smallest absolute Gasteiger partial charge is 0.322 e. The zero-order chi connectivity index (χ0) is 21.2. The maximum Gasteiger partial charge on any atom is 0.344 e. The highest BCUT2D eigenvalue weighted by Crippen LogP contribution is 2.22. The first-order chi connectivity index (χ1) is 13.7. The summed E-state index contributed by atoms with van der Waals surface area (Å²) in [5, 5.41) is 3.21. The standard InChI is InChI=1S/C19H26N4O5S/c1-3-19(2)17(25)23(18(26)20-19)21-16(24)14-8-10-15(11-9-14)29(27,28)22-12-6-4-5-7-13-22/h8-11H,3-7,12-13H2,1-2H3,(H,20,26)(H,21,24)/t19-/m0/s1. The van der Waals surface area contributed by atoms with Crippen molar-refractivity contribution in [3.63, 3.8) is 0 Å². The Hall–Kier alpha value is -2.46. The van der Waals surface area contributed by atoms with E-state index in [1.807, 2.05) is 0 Å². The Morgan fingerprint density at radius 2 is 1.69 bits per heavy atom. The first-order valence-electron chi connectivity index (χ1n) is 9.77. The van der Waals surface area contributed by atoms with Gasteiger partial charge in [-0.25, -0.2) is 13.2 Å². The second kappa shape index (κ2) is 8.11. The van der Waals surface area contributed by atoms with Crippen LogP contribution in [0.2, 0.25) is 0 Å². The van der Waals surface area contributed by atoms with Crippen LogP contribution in [0.15, 0.2) is 29.2 Å². The number of nitrogens with one attached hydrogen (secondary N) is 2. The van der Waals surface area contributed by atoms with E-state index in [0.29, 0.717) is 24.5 Å². The number of sulfonamides is 1. The normalized spacial score (nSPS) is 23.6. The third-order valence-corrected chi connectivity index (χ3v) is 7.41. The number of carbonyl (C=O) groups excluding carboxylic acids is 3. The zero-order valence-corrected chi connectivity index (χ0v) is 17.4. The number of urea groups is 1. The monoisotopic (exact) mass is 422 g/mol. The van der Waals surface area contributed by atoms with Crippen LogP contribution < -0.4 is 10.7 Å². The molecule has 10 heteroatoms. The van der Waals surface area contributed by atoms with E-state index in [4.69, 9.17) is 0 Å². The predicted octanol–water partition coefficient (Wildman–Crippen LogP) is 1.62. The lowest BCUT2D eigenvalue weighted by Gasteiger charge is -2.20. The van der Waals surface area contributed by atoms with Crippen LogP contribution in [0.4, 0.5) is 4.79 Å². The molecule has 2 aliphatic heterocycles. The van der Waals surface area contributed by atoms with Crippen LogP contribution in [-0.2, 0) is 14.8 Å². The number of rotatable bonds is 5. The van der Waals surface area contributed by atoms with Crippen molar-refractivity contribution >= 4 is 27.9 Å². The number of amides is 4. The number of carbonyl (C=O) groups is 3. The minimum Gasteiger partial charge on any atom is -0.322 e. The quantitative estimate of drug-likeness (QED) is 0.700. The molecule has 1 aromatic rings. The van der Waals surface area contributed by atoms with Crippen LogP contribution in [0, 0.1) is 0 Å². The molecule has 3 rings (SSSR count). The SMILES string of the molecule is CC[C@]1(C)NC(=O)N(NC(=O)c2ccc(S(=O)(=O)N3CCCCCC3)cc2)C1=O. The molecule has 0 saturated carbocycles. The summed E-state index contributed by atoms with van der Waals surface area (Å²) in [6.45, 7) is 4.33. The summed E-state index contributed by atoms with van der Waals surface area (Å²) < 4.78 is 27.1. The van der Waals surface area contributed by atoms with E-state index in [9.17, 15) is 22.8 Å². The molecular weight excluding hydrogens is 396 g/mol. The Balaban J connectivity index is 1.72. The van der Waals surface area contributed by atoms with E-state index in [1.54, 1.807) is 13.8 Å². The van der Waals surface area contributed by atoms with Gasteiger partial charge in [0.1, 0.15) is 5.54 Å². The fourth-order valence-electron chi connectivity index (χ4n) is 3.40. The van der Waals surface area contributed by atoms with Gasteiger partial charge in [-0.3, -0.25) is 15.0 Å². The minimum absolute atomic E-state index is 0.115. The minimum atomic E-state index is -3.61. The van der Waals surface area contributed by atoms with Crippen LogP contribution in [0.3, 0.4) is 0 Å². The number of imide groups is 1. The molecule has 158 valence electrons. The van der Waals surface area contributed by atoms with E-state index in [2.05, 4.69) is 10.7 Å². The molecule has 1 aromatic carbocycles. The van der Waals surface area contributed by atoms with Crippen molar-refractivity contribution in [3.8, 4) is 0 Å². The number of hydrazine groups is 1. The highest BCUT2D eigenvalue weighted by Gasteiger charge is 2.47. The summed E-state index contributed by atoms with van der Waals surface area (Å²) in [5.41, 5.74) is 1.37. The molecule has 2 aliphatic rings. The highest BCUT2D eigenvalue weighted by atomic mass is 32.2.